The van der Waals surface area contributed by atoms with E-state index < -0.39 is 7.60 Å². The Labute approximate surface area is 212 Å². The lowest BCUT2D eigenvalue weighted by Gasteiger charge is -2.18. The number of benzene rings is 3. The van der Waals surface area contributed by atoms with Crippen molar-refractivity contribution >= 4 is 41.5 Å². The third-order valence-electron chi connectivity index (χ3n) is 5.87. The zero-order valence-electron chi connectivity index (χ0n) is 20.6. The Hall–Kier alpha value is -3.22. The highest BCUT2D eigenvalue weighted by atomic mass is 31.2. The van der Waals surface area contributed by atoms with Gasteiger partial charge in [0.25, 0.3) is 5.91 Å². The van der Waals surface area contributed by atoms with Crippen molar-refractivity contribution < 1.29 is 18.4 Å². The second-order valence-corrected chi connectivity index (χ2v) is 10.4. The lowest BCUT2D eigenvalue weighted by molar-refractivity contribution is -0.110. The van der Waals surface area contributed by atoms with Crippen LogP contribution in [0.4, 0.5) is 11.4 Å². The summed E-state index contributed by atoms with van der Waals surface area (Å²) in [6.45, 7) is 4.68. The third kappa shape index (κ3) is 5.61. The number of rotatable bonds is 11. The van der Waals surface area contributed by atoms with Gasteiger partial charge in [0.15, 0.2) is 0 Å². The molecule has 1 heterocycles. The first-order valence-electron chi connectivity index (χ1n) is 12.2. The fourth-order valence-corrected chi connectivity index (χ4v) is 5.79. The fourth-order valence-electron chi connectivity index (χ4n) is 4.19. The second kappa shape index (κ2) is 11.7. The first kappa shape index (κ1) is 25.9. The fraction of sp³-hybridized carbons (Fsp3) is 0.250. The van der Waals surface area contributed by atoms with Gasteiger partial charge in [-0.15, -0.1) is 0 Å². The minimum atomic E-state index is -3.52. The predicted molar refractivity (Wildman–Crippen MR) is 146 cm³/mol. The van der Waals surface area contributed by atoms with Crippen molar-refractivity contribution in [3.05, 3.63) is 89.5 Å². The Morgan fingerprint density at radius 3 is 2.31 bits per heavy atom. The minimum absolute atomic E-state index is 0.240. The summed E-state index contributed by atoms with van der Waals surface area (Å²) in [7, 11) is -3.52. The highest BCUT2D eigenvalue weighted by Crippen LogP contribution is 2.48. The Morgan fingerprint density at radius 2 is 1.67 bits per heavy atom. The van der Waals surface area contributed by atoms with Gasteiger partial charge in [0, 0.05) is 16.9 Å². The first-order chi connectivity index (χ1) is 17.5. The maximum atomic E-state index is 13.5. The molecular weight excluding hydrogens is 473 g/mol. The summed E-state index contributed by atoms with van der Waals surface area (Å²) in [6, 6.07) is 23.0. The lowest BCUT2D eigenvalue weighted by Crippen LogP contribution is -2.12. The SMILES string of the molecule is CCOP(=O)(OCC)c1ccc2c(c1)C(=C(Nc1ccc(CCCN)cc1)c1ccccc1)C(=O)N2. The van der Waals surface area contributed by atoms with E-state index in [1.165, 1.54) is 5.56 Å². The summed E-state index contributed by atoms with van der Waals surface area (Å²) in [4.78, 5) is 13.3. The third-order valence-corrected chi connectivity index (χ3v) is 7.97. The molecule has 4 N–H and O–H groups in total. The number of hydrogen-bond acceptors (Lipinski definition) is 6. The second-order valence-electron chi connectivity index (χ2n) is 8.35. The van der Waals surface area contributed by atoms with Gasteiger partial charge in [0.2, 0.25) is 0 Å². The molecule has 0 spiro atoms. The van der Waals surface area contributed by atoms with Crippen LogP contribution in [-0.4, -0.2) is 25.7 Å². The molecule has 1 amide bonds. The van der Waals surface area contributed by atoms with Crippen LogP contribution >= 0.6 is 7.60 Å². The molecule has 3 aromatic rings. The number of fused-ring (bicyclic) bond motifs is 1. The van der Waals surface area contributed by atoms with Crippen molar-refractivity contribution in [3.8, 4) is 0 Å². The van der Waals surface area contributed by atoms with Crippen LogP contribution in [0, 0.1) is 0 Å². The summed E-state index contributed by atoms with van der Waals surface area (Å²) in [5.74, 6) is -0.240. The van der Waals surface area contributed by atoms with E-state index in [-0.39, 0.29) is 19.1 Å². The van der Waals surface area contributed by atoms with Gasteiger partial charge in [-0.25, -0.2) is 0 Å². The summed E-state index contributed by atoms with van der Waals surface area (Å²) in [6.07, 6.45) is 1.85. The molecule has 0 radical (unpaired) electrons. The van der Waals surface area contributed by atoms with Crippen LogP contribution in [0.25, 0.3) is 11.3 Å². The predicted octanol–water partition coefficient (Wildman–Crippen LogP) is 5.40. The Kier molecular flexibility index (Phi) is 8.39. The molecule has 7 nitrogen and oxygen atoms in total. The molecule has 1 aliphatic heterocycles. The van der Waals surface area contributed by atoms with Gasteiger partial charge < -0.3 is 25.4 Å². The van der Waals surface area contributed by atoms with Gasteiger partial charge in [0.05, 0.1) is 29.8 Å². The molecule has 4 rings (SSSR count). The molecule has 0 aliphatic carbocycles. The summed E-state index contributed by atoms with van der Waals surface area (Å²) >= 11 is 0. The van der Waals surface area contributed by atoms with Crippen molar-refractivity contribution in [1.82, 2.24) is 0 Å². The van der Waals surface area contributed by atoms with E-state index in [1.54, 1.807) is 32.0 Å². The van der Waals surface area contributed by atoms with E-state index >= 15 is 0 Å². The van der Waals surface area contributed by atoms with Crippen LogP contribution in [0.3, 0.4) is 0 Å². The van der Waals surface area contributed by atoms with Crippen LogP contribution in [0.1, 0.15) is 37.0 Å². The maximum absolute atomic E-state index is 13.5. The van der Waals surface area contributed by atoms with Gasteiger partial charge in [-0.2, -0.15) is 0 Å². The highest BCUT2D eigenvalue weighted by Gasteiger charge is 2.33. The number of hydrogen-bond donors (Lipinski definition) is 3. The largest absolute Gasteiger partial charge is 0.361 e. The molecule has 0 saturated heterocycles. The average molecular weight is 506 g/mol. The number of nitrogens with one attached hydrogen (secondary N) is 2. The smallest absolute Gasteiger partial charge is 0.354 e. The van der Waals surface area contributed by atoms with E-state index in [9.17, 15) is 9.36 Å². The molecule has 0 aromatic heterocycles. The first-order valence-corrected chi connectivity index (χ1v) is 13.7. The number of carbonyl (C=O) groups excluding carboxylic acids is 1. The van der Waals surface area contributed by atoms with E-state index in [1.807, 2.05) is 42.5 Å². The number of carbonyl (C=O) groups is 1. The van der Waals surface area contributed by atoms with Crippen LogP contribution < -0.4 is 21.7 Å². The standard InChI is InChI=1S/C28H32N3O4P/c1-3-34-36(33,35-4-2)23-16-17-25-24(19-23)26(28(32)31-25)27(21-10-6-5-7-11-21)30-22-14-12-20(13-15-22)9-8-18-29/h5-7,10-17,19,30H,3-4,8-9,18,29H2,1-2H3,(H,31,32). The van der Waals surface area contributed by atoms with Gasteiger partial charge in [-0.3, -0.25) is 9.36 Å². The Morgan fingerprint density at radius 1 is 0.972 bits per heavy atom. The molecule has 1 aliphatic rings. The lowest BCUT2D eigenvalue weighted by atomic mass is 10.00. The van der Waals surface area contributed by atoms with Crippen LogP contribution in [-0.2, 0) is 24.8 Å². The molecule has 0 atom stereocenters. The normalized spacial score (nSPS) is 14.4. The van der Waals surface area contributed by atoms with Gasteiger partial charge in [0.1, 0.15) is 0 Å². The van der Waals surface area contributed by atoms with Gasteiger partial charge in [-0.1, -0.05) is 42.5 Å². The van der Waals surface area contributed by atoms with Crippen molar-refractivity contribution in [2.75, 3.05) is 30.4 Å². The molecular formula is C28H32N3O4P. The number of aryl methyl sites for hydroxylation is 1. The Bertz CT molecular complexity index is 1280. The van der Waals surface area contributed by atoms with Crippen LogP contribution in [0.15, 0.2) is 72.8 Å². The van der Waals surface area contributed by atoms with E-state index in [0.717, 1.165) is 24.1 Å². The molecule has 188 valence electrons. The van der Waals surface area contributed by atoms with Crippen LogP contribution in [0.2, 0.25) is 0 Å². The number of nitrogens with two attached hydrogens (primary N) is 1. The minimum Gasteiger partial charge on any atom is -0.354 e. The molecule has 3 aromatic carbocycles. The zero-order chi connectivity index (χ0) is 25.5. The van der Waals surface area contributed by atoms with Crippen molar-refractivity contribution in [3.63, 3.8) is 0 Å². The molecule has 0 saturated carbocycles. The van der Waals surface area contributed by atoms with Crippen molar-refractivity contribution in [1.29, 1.82) is 0 Å². The van der Waals surface area contributed by atoms with Crippen molar-refractivity contribution in [2.45, 2.75) is 26.7 Å². The van der Waals surface area contributed by atoms with Crippen molar-refractivity contribution in [2.24, 2.45) is 5.73 Å². The number of amides is 1. The molecule has 0 unspecified atom stereocenters. The zero-order valence-corrected chi connectivity index (χ0v) is 21.5. The summed E-state index contributed by atoms with van der Waals surface area (Å²) < 4.78 is 24.5. The molecule has 8 heteroatoms. The van der Waals surface area contributed by atoms with E-state index in [0.29, 0.717) is 34.4 Å². The summed E-state index contributed by atoms with van der Waals surface area (Å²) in [5.41, 5.74) is 11.0. The molecule has 36 heavy (non-hydrogen) atoms. The highest BCUT2D eigenvalue weighted by molar-refractivity contribution is 7.62. The monoisotopic (exact) mass is 505 g/mol. The summed E-state index contributed by atoms with van der Waals surface area (Å²) in [5, 5.41) is 6.81. The van der Waals surface area contributed by atoms with E-state index in [4.69, 9.17) is 14.8 Å². The van der Waals surface area contributed by atoms with Gasteiger partial charge in [-0.05, 0) is 74.7 Å². The molecule has 0 fully saturated rings. The van der Waals surface area contributed by atoms with E-state index in [2.05, 4.69) is 22.8 Å². The molecule has 0 bridgehead atoms. The maximum Gasteiger partial charge on any atom is 0.361 e. The topological polar surface area (TPSA) is 103 Å². The quantitative estimate of drug-likeness (QED) is 0.238. The average Bonchev–Trinajstić information content (AvgIpc) is 3.22. The van der Waals surface area contributed by atoms with Gasteiger partial charge >= 0.3 is 7.60 Å². The van der Waals surface area contributed by atoms with Crippen LogP contribution in [0.5, 0.6) is 0 Å². The number of anilines is 2. The Balaban J connectivity index is 1.81.